The Bertz CT molecular complexity index is 1010. The zero-order chi connectivity index (χ0) is 22.9. The van der Waals surface area contributed by atoms with Crippen LogP contribution in [-0.2, 0) is 17.8 Å². The number of nitrogens with one attached hydrogen (secondary N) is 1. The Morgan fingerprint density at radius 1 is 1.00 bits per heavy atom. The van der Waals surface area contributed by atoms with E-state index >= 15 is 0 Å². The summed E-state index contributed by atoms with van der Waals surface area (Å²) in [6.07, 6.45) is 4.04. The highest BCUT2D eigenvalue weighted by Gasteiger charge is 2.12. The Morgan fingerprint density at radius 3 is 2.53 bits per heavy atom. The number of carbonyl (C=O) groups is 1. The van der Waals surface area contributed by atoms with Crippen molar-refractivity contribution < 1.29 is 9.53 Å². The fourth-order valence-electron chi connectivity index (χ4n) is 3.90. The number of fused-ring (bicyclic) bond motifs is 1. The molecular weight excluding hydrogens is 398 g/mol. The topological polar surface area (TPSA) is 56.2 Å². The largest absolute Gasteiger partial charge is 0.491 e. The molecule has 0 bridgehead atoms. The maximum atomic E-state index is 11.7. The zero-order valence-electron chi connectivity index (χ0n) is 19.9. The lowest BCUT2D eigenvalue weighted by molar-refractivity contribution is -0.123. The van der Waals surface area contributed by atoms with Gasteiger partial charge in [-0.1, -0.05) is 64.4 Å². The van der Waals surface area contributed by atoms with Gasteiger partial charge >= 0.3 is 0 Å². The Morgan fingerprint density at radius 2 is 1.75 bits per heavy atom. The predicted octanol–water partition coefficient (Wildman–Crippen LogP) is 5.72. The molecular formula is C27H37N3O2. The monoisotopic (exact) mass is 435 g/mol. The normalized spacial score (nSPS) is 11.4. The molecule has 2 aromatic carbocycles. The van der Waals surface area contributed by atoms with E-state index in [4.69, 9.17) is 9.72 Å². The number of amides is 1. The van der Waals surface area contributed by atoms with Crippen molar-refractivity contribution in [1.82, 2.24) is 14.9 Å². The van der Waals surface area contributed by atoms with Crippen LogP contribution in [0.4, 0.5) is 0 Å². The van der Waals surface area contributed by atoms with E-state index in [-0.39, 0.29) is 11.8 Å². The van der Waals surface area contributed by atoms with E-state index < -0.39 is 0 Å². The van der Waals surface area contributed by atoms with Gasteiger partial charge in [0.25, 0.3) is 0 Å². The van der Waals surface area contributed by atoms with E-state index in [9.17, 15) is 4.79 Å². The van der Waals surface area contributed by atoms with Gasteiger partial charge in [-0.25, -0.2) is 4.98 Å². The number of hydrogen-bond acceptors (Lipinski definition) is 3. The van der Waals surface area contributed by atoms with Gasteiger partial charge in [-0.3, -0.25) is 4.79 Å². The molecule has 0 aliphatic carbocycles. The molecule has 5 heteroatoms. The van der Waals surface area contributed by atoms with E-state index in [1.807, 2.05) is 26.0 Å². The molecule has 3 aromatic rings. The van der Waals surface area contributed by atoms with Crippen LogP contribution in [0.1, 0.15) is 64.3 Å². The Hall–Kier alpha value is -2.82. The summed E-state index contributed by atoms with van der Waals surface area (Å²) in [5, 5.41) is 2.99. The number of benzene rings is 2. The maximum absolute atomic E-state index is 11.7. The van der Waals surface area contributed by atoms with Gasteiger partial charge in [0.1, 0.15) is 18.2 Å². The average Bonchev–Trinajstić information content (AvgIpc) is 3.13. The zero-order valence-corrected chi connectivity index (χ0v) is 19.9. The van der Waals surface area contributed by atoms with Gasteiger partial charge in [-0.15, -0.1) is 0 Å². The van der Waals surface area contributed by atoms with Crippen LogP contribution in [-0.4, -0.2) is 28.6 Å². The summed E-state index contributed by atoms with van der Waals surface area (Å²) in [6.45, 7) is 10.4. The molecule has 0 saturated heterocycles. The molecule has 1 heterocycles. The van der Waals surface area contributed by atoms with Gasteiger partial charge in [0, 0.05) is 18.9 Å². The van der Waals surface area contributed by atoms with Crippen molar-refractivity contribution in [3.63, 3.8) is 0 Å². The second kappa shape index (κ2) is 11.7. The average molecular weight is 436 g/mol. The van der Waals surface area contributed by atoms with Crippen LogP contribution in [0.3, 0.4) is 0 Å². The summed E-state index contributed by atoms with van der Waals surface area (Å²) in [5.41, 5.74) is 3.44. The molecule has 172 valence electrons. The first-order chi connectivity index (χ1) is 15.5. The molecule has 1 aromatic heterocycles. The highest BCUT2D eigenvalue weighted by atomic mass is 16.5. The van der Waals surface area contributed by atoms with Crippen molar-refractivity contribution in [2.24, 2.45) is 5.92 Å². The maximum Gasteiger partial charge on any atom is 0.222 e. The van der Waals surface area contributed by atoms with E-state index in [0.29, 0.717) is 12.5 Å². The number of unbranched alkanes of at least 4 members (excludes halogenated alkanes) is 2. The summed E-state index contributed by atoms with van der Waals surface area (Å²) in [4.78, 5) is 16.6. The van der Waals surface area contributed by atoms with Crippen molar-refractivity contribution in [2.75, 3.05) is 13.2 Å². The Balaban J connectivity index is 1.58. The quantitative estimate of drug-likeness (QED) is 0.370. The molecule has 0 radical (unpaired) electrons. The molecule has 3 rings (SSSR count). The number of nitrogens with zero attached hydrogens (tertiary/aromatic N) is 2. The Kier molecular flexibility index (Phi) is 8.72. The number of rotatable bonds is 12. The summed E-state index contributed by atoms with van der Waals surface area (Å²) in [7, 11) is 0. The first-order valence-corrected chi connectivity index (χ1v) is 11.9. The van der Waals surface area contributed by atoms with Gasteiger partial charge < -0.3 is 14.6 Å². The SMILES string of the molecule is CC(C)C(=O)NCCCCCc1nc2ccccc2n1CCOc1ccccc1C(C)C. The summed E-state index contributed by atoms with van der Waals surface area (Å²) >= 11 is 0. The second-order valence-electron chi connectivity index (χ2n) is 8.97. The van der Waals surface area contributed by atoms with Crippen LogP contribution in [0, 0.1) is 5.92 Å². The lowest BCUT2D eigenvalue weighted by atomic mass is 10.0. The predicted molar refractivity (Wildman–Crippen MR) is 131 cm³/mol. The van der Waals surface area contributed by atoms with Crippen LogP contribution in [0.15, 0.2) is 48.5 Å². The fourth-order valence-corrected chi connectivity index (χ4v) is 3.90. The molecule has 0 spiro atoms. The number of carbonyl (C=O) groups excluding carboxylic acids is 1. The molecule has 1 N–H and O–H groups in total. The number of aromatic nitrogens is 2. The van der Waals surface area contributed by atoms with E-state index in [1.165, 1.54) is 5.56 Å². The smallest absolute Gasteiger partial charge is 0.222 e. The molecule has 0 aliphatic rings. The third-order valence-electron chi connectivity index (χ3n) is 5.75. The number of para-hydroxylation sites is 3. The van der Waals surface area contributed by atoms with Crippen molar-refractivity contribution in [1.29, 1.82) is 0 Å². The number of hydrogen-bond donors (Lipinski definition) is 1. The number of ether oxygens (including phenoxy) is 1. The van der Waals surface area contributed by atoms with Crippen molar-refractivity contribution in [2.45, 2.75) is 65.8 Å². The first-order valence-electron chi connectivity index (χ1n) is 11.9. The second-order valence-corrected chi connectivity index (χ2v) is 8.97. The lowest BCUT2D eigenvalue weighted by Gasteiger charge is -2.15. The van der Waals surface area contributed by atoms with Crippen LogP contribution in [0.25, 0.3) is 11.0 Å². The minimum atomic E-state index is 0.0460. The molecule has 5 nitrogen and oxygen atoms in total. The third kappa shape index (κ3) is 6.35. The molecule has 1 amide bonds. The van der Waals surface area contributed by atoms with Crippen molar-refractivity contribution in [3.05, 3.63) is 59.9 Å². The van der Waals surface area contributed by atoms with Gasteiger partial charge in [0.15, 0.2) is 0 Å². The molecule has 32 heavy (non-hydrogen) atoms. The van der Waals surface area contributed by atoms with Crippen LogP contribution in [0.5, 0.6) is 5.75 Å². The van der Waals surface area contributed by atoms with Gasteiger partial charge in [-0.05, 0) is 42.5 Å². The summed E-state index contributed by atoms with van der Waals surface area (Å²) in [5.74, 6) is 2.69. The minimum absolute atomic E-state index is 0.0460. The molecule has 0 fully saturated rings. The standard InChI is InChI=1S/C27H37N3O2/c1-20(2)22-12-7-10-15-25(22)32-19-18-30-24-14-9-8-13-23(24)29-26(30)16-6-5-11-17-28-27(31)21(3)4/h7-10,12-15,20-21H,5-6,11,16-19H2,1-4H3,(H,28,31). The lowest BCUT2D eigenvalue weighted by Crippen LogP contribution is -2.28. The molecule has 0 saturated carbocycles. The van der Waals surface area contributed by atoms with Crippen LogP contribution >= 0.6 is 0 Å². The number of aryl methyl sites for hydroxylation is 1. The van der Waals surface area contributed by atoms with Crippen LogP contribution < -0.4 is 10.1 Å². The first kappa shape index (κ1) is 23.8. The number of imidazole rings is 1. The Labute approximate surface area is 192 Å². The third-order valence-corrected chi connectivity index (χ3v) is 5.75. The van der Waals surface area contributed by atoms with E-state index in [1.54, 1.807) is 0 Å². The highest BCUT2D eigenvalue weighted by molar-refractivity contribution is 5.77. The van der Waals surface area contributed by atoms with Crippen molar-refractivity contribution >= 4 is 16.9 Å². The summed E-state index contributed by atoms with van der Waals surface area (Å²) < 4.78 is 8.49. The minimum Gasteiger partial charge on any atom is -0.491 e. The van der Waals surface area contributed by atoms with Gasteiger partial charge in [0.05, 0.1) is 17.6 Å². The molecule has 0 aliphatic heterocycles. The molecule has 0 atom stereocenters. The highest BCUT2D eigenvalue weighted by Crippen LogP contribution is 2.26. The van der Waals surface area contributed by atoms with Gasteiger partial charge in [-0.2, -0.15) is 0 Å². The van der Waals surface area contributed by atoms with Crippen molar-refractivity contribution in [3.8, 4) is 5.75 Å². The summed E-state index contributed by atoms with van der Waals surface area (Å²) in [6, 6.07) is 16.6. The molecule has 0 unspecified atom stereocenters. The van der Waals surface area contributed by atoms with E-state index in [2.05, 4.69) is 60.1 Å². The van der Waals surface area contributed by atoms with E-state index in [0.717, 1.165) is 61.4 Å². The van der Waals surface area contributed by atoms with Gasteiger partial charge in [0.2, 0.25) is 5.91 Å². The fraction of sp³-hybridized carbons (Fsp3) is 0.481. The van der Waals surface area contributed by atoms with Crippen LogP contribution in [0.2, 0.25) is 0 Å².